The van der Waals surface area contributed by atoms with E-state index in [-0.39, 0.29) is 5.91 Å². The number of nitrogens with one attached hydrogen (secondary N) is 1. The number of hydrogen-bond acceptors (Lipinski definition) is 1. The van der Waals surface area contributed by atoms with Crippen molar-refractivity contribution in [2.75, 3.05) is 5.32 Å². The fourth-order valence-corrected chi connectivity index (χ4v) is 2.75. The molecule has 0 heterocycles. The predicted molar refractivity (Wildman–Crippen MR) is 105 cm³/mol. The van der Waals surface area contributed by atoms with E-state index in [1.165, 1.54) is 0 Å². The summed E-state index contributed by atoms with van der Waals surface area (Å²) in [6, 6.07) is 27.6. The molecule has 3 rings (SSSR count). The molecule has 0 atom stereocenters. The van der Waals surface area contributed by atoms with E-state index in [2.05, 4.69) is 12.2 Å². The first-order chi connectivity index (χ1) is 12.3. The summed E-state index contributed by atoms with van der Waals surface area (Å²) in [5.74, 6) is -0.101. The predicted octanol–water partition coefficient (Wildman–Crippen LogP) is 5.43. The van der Waals surface area contributed by atoms with Gasteiger partial charge in [-0.2, -0.15) is 0 Å². The van der Waals surface area contributed by atoms with Crippen LogP contribution in [0.25, 0.3) is 11.6 Å². The van der Waals surface area contributed by atoms with Crippen LogP contribution in [0.15, 0.2) is 84.9 Å². The van der Waals surface area contributed by atoms with Crippen molar-refractivity contribution >= 4 is 23.2 Å². The van der Waals surface area contributed by atoms with E-state index in [0.717, 1.165) is 28.8 Å². The zero-order chi connectivity index (χ0) is 17.5. The molecule has 3 aromatic carbocycles. The fraction of sp³-hybridized carbons (Fsp3) is 0.0870. The molecule has 0 aliphatic carbocycles. The van der Waals surface area contributed by atoms with Crippen LogP contribution in [0.2, 0.25) is 0 Å². The molecule has 0 saturated heterocycles. The average molecular weight is 327 g/mol. The molecule has 1 amide bonds. The van der Waals surface area contributed by atoms with E-state index in [0.29, 0.717) is 5.57 Å². The maximum Gasteiger partial charge on any atom is 0.256 e. The van der Waals surface area contributed by atoms with Gasteiger partial charge in [0.1, 0.15) is 0 Å². The summed E-state index contributed by atoms with van der Waals surface area (Å²) in [5, 5.41) is 3.07. The highest BCUT2D eigenvalue weighted by Crippen LogP contribution is 2.22. The molecule has 0 fully saturated rings. The van der Waals surface area contributed by atoms with E-state index < -0.39 is 0 Å². The van der Waals surface area contributed by atoms with Crippen LogP contribution in [0, 0.1) is 0 Å². The van der Waals surface area contributed by atoms with E-state index >= 15 is 0 Å². The average Bonchev–Trinajstić information content (AvgIpc) is 2.68. The topological polar surface area (TPSA) is 29.1 Å². The summed E-state index contributed by atoms with van der Waals surface area (Å²) >= 11 is 0. The van der Waals surface area contributed by atoms with E-state index in [1.54, 1.807) is 0 Å². The Kier molecular flexibility index (Phi) is 5.43. The third kappa shape index (κ3) is 4.24. The van der Waals surface area contributed by atoms with Crippen molar-refractivity contribution in [3.05, 3.63) is 102 Å². The highest BCUT2D eigenvalue weighted by atomic mass is 16.1. The lowest BCUT2D eigenvalue weighted by molar-refractivity contribution is -0.111. The van der Waals surface area contributed by atoms with Crippen molar-refractivity contribution in [2.45, 2.75) is 13.3 Å². The molecule has 0 aliphatic heterocycles. The number of rotatable bonds is 5. The molecule has 3 aromatic rings. The summed E-state index contributed by atoms with van der Waals surface area (Å²) < 4.78 is 0. The number of carbonyl (C=O) groups excluding carboxylic acids is 1. The van der Waals surface area contributed by atoms with Crippen molar-refractivity contribution in [3.8, 4) is 0 Å². The minimum absolute atomic E-state index is 0.101. The lowest BCUT2D eigenvalue weighted by atomic mass is 10.0. The third-order valence-electron chi connectivity index (χ3n) is 4.09. The number of anilines is 1. The van der Waals surface area contributed by atoms with Gasteiger partial charge in [-0.3, -0.25) is 4.79 Å². The summed E-state index contributed by atoms with van der Waals surface area (Å²) in [6.45, 7) is 2.09. The third-order valence-corrected chi connectivity index (χ3v) is 4.09. The van der Waals surface area contributed by atoms with Crippen LogP contribution in [0.5, 0.6) is 0 Å². The summed E-state index contributed by atoms with van der Waals surface area (Å²) in [4.78, 5) is 13.0. The van der Waals surface area contributed by atoms with Crippen LogP contribution >= 0.6 is 0 Å². The zero-order valence-electron chi connectivity index (χ0n) is 14.3. The first-order valence-corrected chi connectivity index (χ1v) is 8.49. The first kappa shape index (κ1) is 16.7. The maximum absolute atomic E-state index is 13.0. The molecule has 2 heteroatoms. The van der Waals surface area contributed by atoms with Crippen LogP contribution in [0.4, 0.5) is 5.69 Å². The van der Waals surface area contributed by atoms with Crippen molar-refractivity contribution in [2.24, 2.45) is 0 Å². The lowest BCUT2D eigenvalue weighted by Gasteiger charge is -2.12. The molecular weight excluding hydrogens is 306 g/mol. The molecule has 0 bridgehead atoms. The highest BCUT2D eigenvalue weighted by molar-refractivity contribution is 6.29. The largest absolute Gasteiger partial charge is 0.322 e. The zero-order valence-corrected chi connectivity index (χ0v) is 14.3. The molecule has 1 N–H and O–H groups in total. The van der Waals surface area contributed by atoms with E-state index in [4.69, 9.17) is 0 Å². The second kappa shape index (κ2) is 8.11. The smallest absolute Gasteiger partial charge is 0.256 e. The Bertz CT molecular complexity index is 867. The maximum atomic E-state index is 13.0. The minimum atomic E-state index is -0.101. The van der Waals surface area contributed by atoms with Gasteiger partial charge in [0.15, 0.2) is 0 Å². The van der Waals surface area contributed by atoms with Gasteiger partial charge in [-0.15, -0.1) is 0 Å². The van der Waals surface area contributed by atoms with Gasteiger partial charge in [0.25, 0.3) is 5.91 Å². The van der Waals surface area contributed by atoms with Crippen molar-refractivity contribution in [1.29, 1.82) is 0 Å². The van der Waals surface area contributed by atoms with Gasteiger partial charge in [0.2, 0.25) is 0 Å². The molecule has 124 valence electrons. The molecule has 0 aromatic heterocycles. The number of aryl methyl sites for hydroxylation is 1. The minimum Gasteiger partial charge on any atom is -0.322 e. The Morgan fingerprint density at radius 2 is 1.44 bits per heavy atom. The van der Waals surface area contributed by atoms with Crippen LogP contribution in [-0.4, -0.2) is 5.91 Å². The van der Waals surface area contributed by atoms with Gasteiger partial charge < -0.3 is 5.32 Å². The molecule has 0 spiro atoms. The number of amides is 1. The van der Waals surface area contributed by atoms with Crippen molar-refractivity contribution in [3.63, 3.8) is 0 Å². The van der Waals surface area contributed by atoms with Crippen molar-refractivity contribution < 1.29 is 4.79 Å². The van der Waals surface area contributed by atoms with Crippen LogP contribution < -0.4 is 5.32 Å². The van der Waals surface area contributed by atoms with E-state index in [9.17, 15) is 4.79 Å². The molecule has 0 aliphatic rings. The molecular formula is C23H21NO. The van der Waals surface area contributed by atoms with Crippen LogP contribution in [0.3, 0.4) is 0 Å². The lowest BCUT2D eigenvalue weighted by Crippen LogP contribution is -2.14. The quantitative estimate of drug-likeness (QED) is 0.491. The molecule has 0 saturated carbocycles. The van der Waals surface area contributed by atoms with Crippen LogP contribution in [0.1, 0.15) is 23.6 Å². The number of hydrogen-bond donors (Lipinski definition) is 1. The Hall–Kier alpha value is -3.13. The summed E-state index contributed by atoms with van der Waals surface area (Å²) in [7, 11) is 0. The first-order valence-electron chi connectivity index (χ1n) is 8.49. The van der Waals surface area contributed by atoms with Gasteiger partial charge in [0, 0.05) is 11.3 Å². The standard InChI is InChI=1S/C23H21NO/c1-2-19-13-9-10-16-22(19)24-23(25)21(20-14-7-4-8-15-20)17-18-11-5-3-6-12-18/h3-17H,2H2,1H3,(H,24,25). The monoisotopic (exact) mass is 327 g/mol. The summed E-state index contributed by atoms with van der Waals surface area (Å²) in [6.07, 6.45) is 2.80. The van der Waals surface area contributed by atoms with Gasteiger partial charge in [-0.25, -0.2) is 0 Å². The molecule has 0 unspecified atom stereocenters. The SMILES string of the molecule is CCc1ccccc1NC(=O)C(=Cc1ccccc1)c1ccccc1. The Labute approximate surface area is 148 Å². The van der Waals surface area contributed by atoms with Gasteiger partial charge in [-0.1, -0.05) is 85.8 Å². The van der Waals surface area contributed by atoms with Crippen molar-refractivity contribution in [1.82, 2.24) is 0 Å². The van der Waals surface area contributed by atoms with Gasteiger partial charge in [0.05, 0.1) is 0 Å². The highest BCUT2D eigenvalue weighted by Gasteiger charge is 2.13. The molecule has 25 heavy (non-hydrogen) atoms. The fourth-order valence-electron chi connectivity index (χ4n) is 2.75. The second-order valence-corrected chi connectivity index (χ2v) is 5.80. The van der Waals surface area contributed by atoms with Gasteiger partial charge in [-0.05, 0) is 35.3 Å². The second-order valence-electron chi connectivity index (χ2n) is 5.80. The van der Waals surface area contributed by atoms with Gasteiger partial charge >= 0.3 is 0 Å². The normalized spacial score (nSPS) is 11.2. The molecule has 0 radical (unpaired) electrons. The number of para-hydroxylation sites is 1. The Morgan fingerprint density at radius 3 is 2.12 bits per heavy atom. The van der Waals surface area contributed by atoms with Crippen LogP contribution in [-0.2, 0) is 11.2 Å². The Balaban J connectivity index is 1.97. The Morgan fingerprint density at radius 1 is 0.840 bits per heavy atom. The number of carbonyl (C=O) groups is 1. The van der Waals surface area contributed by atoms with E-state index in [1.807, 2.05) is 91.0 Å². The molecule has 2 nitrogen and oxygen atoms in total. The number of benzene rings is 3. The summed E-state index contributed by atoms with van der Waals surface area (Å²) in [5.41, 5.74) is 4.55.